The van der Waals surface area contributed by atoms with E-state index in [2.05, 4.69) is 9.97 Å². The van der Waals surface area contributed by atoms with Crippen molar-refractivity contribution in [3.63, 3.8) is 0 Å². The third kappa shape index (κ3) is 5.83. The summed E-state index contributed by atoms with van der Waals surface area (Å²) in [5.74, 6) is -0.642. The Morgan fingerprint density at radius 1 is 1.05 bits per heavy atom. The van der Waals surface area contributed by atoms with Gasteiger partial charge in [-0.25, -0.2) is 22.8 Å². The fourth-order valence-electron chi connectivity index (χ4n) is 4.63. The van der Waals surface area contributed by atoms with Crippen LogP contribution in [-0.4, -0.2) is 34.3 Å². The van der Waals surface area contributed by atoms with Crippen molar-refractivity contribution < 1.29 is 35.5 Å². The highest BCUT2D eigenvalue weighted by Gasteiger charge is 2.35. The van der Waals surface area contributed by atoms with Gasteiger partial charge in [-0.15, -0.1) is 0 Å². The zero-order valence-corrected chi connectivity index (χ0v) is 23.6. The fourth-order valence-corrected chi connectivity index (χ4v) is 5.71. The smallest absolute Gasteiger partial charge is 0.434 e. The first kappa shape index (κ1) is 29.5. The van der Waals surface area contributed by atoms with Crippen molar-refractivity contribution in [3.8, 4) is 28.1 Å². The van der Waals surface area contributed by atoms with Crippen molar-refractivity contribution in [1.29, 1.82) is 0 Å². The van der Waals surface area contributed by atoms with E-state index in [1.165, 1.54) is 36.1 Å². The number of hydrogen-bond donors (Lipinski definition) is 1. The lowest BCUT2D eigenvalue weighted by molar-refractivity contribution is -0.141. The van der Waals surface area contributed by atoms with Crippen LogP contribution < -0.4 is 0 Å². The molecule has 3 aromatic carbocycles. The molecule has 218 valence electrons. The van der Waals surface area contributed by atoms with Crippen molar-refractivity contribution in [2.24, 2.45) is 0 Å². The number of aliphatic hydroxyl groups excluding tert-OH is 1. The summed E-state index contributed by atoms with van der Waals surface area (Å²) in [6, 6.07) is 13.9. The Morgan fingerprint density at radius 3 is 2.38 bits per heavy atom. The molecule has 0 fully saturated rings. The molecule has 0 radical (unpaired) electrons. The highest BCUT2D eigenvalue weighted by Crippen LogP contribution is 2.38. The molecule has 13 heteroatoms. The van der Waals surface area contributed by atoms with Gasteiger partial charge in [-0.1, -0.05) is 29.8 Å². The van der Waals surface area contributed by atoms with Gasteiger partial charge in [-0.3, -0.25) is 0 Å². The maximum Gasteiger partial charge on any atom is 0.434 e. The Labute approximate surface area is 243 Å². The van der Waals surface area contributed by atoms with Crippen LogP contribution in [0.4, 0.5) is 17.6 Å². The second-order valence-corrected chi connectivity index (χ2v) is 12.0. The Morgan fingerprint density at radius 2 is 1.76 bits per heavy atom. The highest BCUT2D eigenvalue weighted by molar-refractivity contribution is 7.90. The second-order valence-electron chi connectivity index (χ2n) is 9.57. The van der Waals surface area contributed by atoms with E-state index < -0.39 is 34.1 Å². The van der Waals surface area contributed by atoms with Crippen LogP contribution in [0.15, 0.2) is 76.5 Å². The highest BCUT2D eigenvalue weighted by atomic mass is 35.5. The van der Waals surface area contributed by atoms with Crippen LogP contribution >= 0.6 is 11.6 Å². The fraction of sp³-hybridized carbons (Fsp3) is 0.172. The van der Waals surface area contributed by atoms with Gasteiger partial charge in [0.25, 0.3) is 0 Å². The number of aromatic nitrogens is 3. The summed E-state index contributed by atoms with van der Waals surface area (Å²) in [7, 11) is -3.92. The number of sulfone groups is 1. The second kappa shape index (κ2) is 11.0. The molecule has 0 unspecified atom stereocenters. The lowest BCUT2D eigenvalue weighted by Crippen LogP contribution is -2.06. The lowest BCUT2D eigenvalue weighted by atomic mass is 9.97. The van der Waals surface area contributed by atoms with E-state index in [9.17, 15) is 31.1 Å². The summed E-state index contributed by atoms with van der Waals surface area (Å²) in [5, 5.41) is 10.1. The van der Waals surface area contributed by atoms with Crippen LogP contribution in [0.3, 0.4) is 0 Å². The molecule has 2 aromatic heterocycles. The topological polar surface area (TPSA) is 98.2 Å². The van der Waals surface area contributed by atoms with Crippen molar-refractivity contribution in [2.75, 3.05) is 6.26 Å². The molecule has 42 heavy (non-hydrogen) atoms. The van der Waals surface area contributed by atoms with Crippen molar-refractivity contribution in [1.82, 2.24) is 14.5 Å². The molecule has 0 atom stereocenters. The van der Waals surface area contributed by atoms with Gasteiger partial charge in [0, 0.05) is 35.0 Å². The van der Waals surface area contributed by atoms with Crippen molar-refractivity contribution in [3.05, 3.63) is 106 Å². The van der Waals surface area contributed by atoms with Crippen LogP contribution in [-0.2, 0) is 29.0 Å². The molecule has 2 heterocycles. The number of hydrogen-bond acceptors (Lipinski definition) is 6. The molecule has 1 N–H and O–H groups in total. The summed E-state index contributed by atoms with van der Waals surface area (Å²) in [5.41, 5.74) is 0.911. The molecule has 0 saturated heterocycles. The van der Waals surface area contributed by atoms with Gasteiger partial charge >= 0.3 is 6.18 Å². The average Bonchev–Trinajstić information content (AvgIpc) is 3.55. The lowest BCUT2D eigenvalue weighted by Gasteiger charge is -2.15. The van der Waals surface area contributed by atoms with Crippen molar-refractivity contribution in [2.45, 2.75) is 31.0 Å². The Bertz CT molecular complexity index is 1900. The number of halogens is 5. The summed E-state index contributed by atoms with van der Waals surface area (Å²) < 4.78 is 87.3. The molecular weight excluding hydrogens is 598 g/mol. The molecule has 5 aromatic rings. The molecule has 0 aliphatic rings. The molecule has 0 spiro atoms. The molecule has 0 amide bonds. The standard InChI is InChI=1S/C29H22ClF4N3O4S/c1-16-36-27(29(32,33)34)13-37(16)25-8-5-18(19-11-23(31)22(14-38)26(12-19)42(2,39)40)10-21(25)28-24(35-15-41-28)9-17-3-6-20(30)7-4-17/h3-8,10-13,15,38H,9,14H2,1-2H3. The largest absolute Gasteiger partial charge is 0.443 e. The van der Waals surface area contributed by atoms with Crippen LogP contribution in [0.2, 0.25) is 5.02 Å². The van der Waals surface area contributed by atoms with Crippen LogP contribution in [0.1, 0.15) is 28.3 Å². The maximum absolute atomic E-state index is 15.0. The zero-order chi connectivity index (χ0) is 30.4. The van der Waals surface area contributed by atoms with Crippen LogP contribution in [0.5, 0.6) is 0 Å². The first-order chi connectivity index (χ1) is 19.8. The van der Waals surface area contributed by atoms with Gasteiger partial charge < -0.3 is 14.1 Å². The Kier molecular flexibility index (Phi) is 7.73. The van der Waals surface area contributed by atoms with Gasteiger partial charge in [0.1, 0.15) is 11.6 Å². The molecule has 5 rings (SSSR count). The minimum atomic E-state index is -4.68. The predicted molar refractivity (Wildman–Crippen MR) is 147 cm³/mol. The quantitative estimate of drug-likeness (QED) is 0.201. The van der Waals surface area contributed by atoms with Gasteiger partial charge in [0.05, 0.1) is 22.9 Å². The first-order valence-corrected chi connectivity index (χ1v) is 14.6. The van der Waals surface area contributed by atoms with E-state index in [1.807, 2.05) is 0 Å². The number of imidazole rings is 1. The SMILES string of the molecule is Cc1nc(C(F)(F)F)cn1-c1ccc(-c2cc(F)c(CO)c(S(C)(=O)=O)c2)cc1-c1ocnc1Cc1ccc(Cl)cc1. The molecular formula is C29H22ClF4N3O4S. The number of rotatable bonds is 7. The van der Waals surface area contributed by atoms with Gasteiger partial charge in [-0.05, 0) is 60.0 Å². The maximum atomic E-state index is 15.0. The van der Waals surface area contributed by atoms with E-state index in [4.69, 9.17) is 16.0 Å². The number of aliphatic hydroxyl groups is 1. The third-order valence-corrected chi connectivity index (χ3v) is 8.06. The third-order valence-electron chi connectivity index (χ3n) is 6.64. The van der Waals surface area contributed by atoms with Gasteiger partial charge in [-0.2, -0.15) is 13.2 Å². The van der Waals surface area contributed by atoms with E-state index in [0.29, 0.717) is 28.3 Å². The summed E-state index contributed by atoms with van der Waals surface area (Å²) in [4.78, 5) is 7.61. The summed E-state index contributed by atoms with van der Waals surface area (Å²) in [6.07, 6.45) is -1.43. The number of alkyl halides is 3. The summed E-state index contributed by atoms with van der Waals surface area (Å²) in [6.45, 7) is 0.593. The minimum absolute atomic E-state index is 0.0489. The average molecular weight is 620 g/mol. The monoisotopic (exact) mass is 619 g/mol. The predicted octanol–water partition coefficient (Wildman–Crippen LogP) is 6.80. The van der Waals surface area contributed by atoms with Crippen LogP contribution in [0, 0.1) is 12.7 Å². The van der Waals surface area contributed by atoms with Gasteiger partial charge in [0.15, 0.2) is 27.7 Å². The molecule has 0 bridgehead atoms. The molecule has 0 saturated carbocycles. The number of benzene rings is 3. The van der Waals surface area contributed by atoms with E-state index in [1.54, 1.807) is 30.3 Å². The number of oxazole rings is 1. The molecule has 0 aliphatic heterocycles. The summed E-state index contributed by atoms with van der Waals surface area (Å²) >= 11 is 6.00. The Hall–Kier alpha value is -4.00. The Balaban J connectivity index is 1.72. The number of aryl methyl sites for hydroxylation is 1. The van der Waals surface area contributed by atoms with E-state index in [-0.39, 0.29) is 33.3 Å². The molecule has 7 nitrogen and oxygen atoms in total. The zero-order valence-electron chi connectivity index (χ0n) is 22.1. The van der Waals surface area contributed by atoms with Crippen LogP contribution in [0.25, 0.3) is 28.1 Å². The van der Waals surface area contributed by atoms with E-state index >= 15 is 0 Å². The normalized spacial score (nSPS) is 12.2. The molecule has 0 aliphatic carbocycles. The number of nitrogens with zero attached hydrogens (tertiary/aromatic N) is 3. The van der Waals surface area contributed by atoms with Gasteiger partial charge in [0.2, 0.25) is 0 Å². The minimum Gasteiger partial charge on any atom is -0.443 e. The van der Waals surface area contributed by atoms with Crippen molar-refractivity contribution >= 4 is 21.4 Å². The van der Waals surface area contributed by atoms with E-state index in [0.717, 1.165) is 24.1 Å². The first-order valence-electron chi connectivity index (χ1n) is 12.3.